The van der Waals surface area contributed by atoms with Gasteiger partial charge in [-0.2, -0.15) is 0 Å². The van der Waals surface area contributed by atoms with Gasteiger partial charge < -0.3 is 10.0 Å². The first-order chi connectivity index (χ1) is 8.90. The molecule has 0 aromatic heterocycles. The number of aliphatic hydroxyl groups excluding tert-OH is 1. The molecule has 0 bridgehead atoms. The molecule has 2 unspecified atom stereocenters. The van der Waals surface area contributed by atoms with Gasteiger partial charge in [-0.05, 0) is 32.3 Å². The van der Waals surface area contributed by atoms with Crippen molar-refractivity contribution in [1.29, 1.82) is 0 Å². The summed E-state index contributed by atoms with van der Waals surface area (Å²) in [4.78, 5) is 13.9. The van der Waals surface area contributed by atoms with E-state index in [9.17, 15) is 9.90 Å². The molecule has 1 rings (SSSR count). The summed E-state index contributed by atoms with van der Waals surface area (Å²) < 4.78 is 0. The molecule has 19 heavy (non-hydrogen) atoms. The highest BCUT2D eigenvalue weighted by molar-refractivity contribution is 5.78. The minimum atomic E-state index is -0.359. The third-order valence-electron chi connectivity index (χ3n) is 3.34. The van der Waals surface area contributed by atoms with Crippen molar-refractivity contribution >= 4 is 5.91 Å². The van der Waals surface area contributed by atoms with E-state index in [1.54, 1.807) is 18.9 Å². The lowest BCUT2D eigenvalue weighted by atomic mass is 9.99. The Morgan fingerprint density at radius 3 is 2.37 bits per heavy atom. The minimum absolute atomic E-state index is 0.0262. The average molecular weight is 263 g/mol. The number of carbonyl (C=O) groups is 1. The highest BCUT2D eigenvalue weighted by Crippen LogP contribution is 2.12. The van der Waals surface area contributed by atoms with Gasteiger partial charge in [0.05, 0.1) is 6.10 Å². The van der Waals surface area contributed by atoms with Crippen LogP contribution in [-0.4, -0.2) is 35.6 Å². The molecule has 2 atom stereocenters. The summed E-state index contributed by atoms with van der Waals surface area (Å²) in [6, 6.07) is 8.30. The maximum atomic E-state index is 12.2. The van der Waals surface area contributed by atoms with Crippen LogP contribution in [0.15, 0.2) is 24.3 Å². The first-order valence-corrected chi connectivity index (χ1v) is 6.88. The monoisotopic (exact) mass is 263 g/mol. The Morgan fingerprint density at radius 2 is 1.84 bits per heavy atom. The fourth-order valence-corrected chi connectivity index (χ4v) is 2.03. The Labute approximate surface area is 116 Å². The first kappa shape index (κ1) is 15.7. The topological polar surface area (TPSA) is 40.5 Å². The quantitative estimate of drug-likeness (QED) is 0.856. The van der Waals surface area contributed by atoms with Gasteiger partial charge in [-0.25, -0.2) is 0 Å². The van der Waals surface area contributed by atoms with Crippen molar-refractivity contribution in [2.75, 3.05) is 13.6 Å². The summed E-state index contributed by atoms with van der Waals surface area (Å²) in [7, 11) is 1.80. The SMILES string of the molecule is Cc1ccc(CC(C)C(=O)N(C)CCC(C)O)cc1. The lowest BCUT2D eigenvalue weighted by Crippen LogP contribution is -2.34. The van der Waals surface area contributed by atoms with Gasteiger partial charge in [-0.3, -0.25) is 4.79 Å². The van der Waals surface area contributed by atoms with E-state index in [4.69, 9.17) is 0 Å². The van der Waals surface area contributed by atoms with Crippen LogP contribution in [0.4, 0.5) is 0 Å². The molecule has 1 aromatic rings. The van der Waals surface area contributed by atoms with Crippen molar-refractivity contribution < 1.29 is 9.90 Å². The Morgan fingerprint density at radius 1 is 1.26 bits per heavy atom. The highest BCUT2D eigenvalue weighted by Gasteiger charge is 2.17. The molecule has 3 nitrogen and oxygen atoms in total. The predicted octanol–water partition coefficient (Wildman–Crippen LogP) is 2.40. The maximum absolute atomic E-state index is 12.2. The van der Waals surface area contributed by atoms with E-state index < -0.39 is 0 Å². The van der Waals surface area contributed by atoms with Gasteiger partial charge in [0.25, 0.3) is 0 Å². The molecule has 3 heteroatoms. The summed E-state index contributed by atoms with van der Waals surface area (Å²) in [5.74, 6) is 0.114. The maximum Gasteiger partial charge on any atom is 0.225 e. The molecule has 0 aliphatic heterocycles. The number of hydrogen-bond acceptors (Lipinski definition) is 2. The zero-order chi connectivity index (χ0) is 14.4. The van der Waals surface area contributed by atoms with Crippen LogP contribution in [0.5, 0.6) is 0 Å². The summed E-state index contributed by atoms with van der Waals surface area (Å²) in [6.45, 7) is 6.37. The van der Waals surface area contributed by atoms with Crippen LogP contribution in [0.3, 0.4) is 0 Å². The fraction of sp³-hybridized carbons (Fsp3) is 0.562. The van der Waals surface area contributed by atoms with Crippen LogP contribution >= 0.6 is 0 Å². The van der Waals surface area contributed by atoms with E-state index in [1.165, 1.54) is 11.1 Å². The molecule has 0 saturated heterocycles. The number of rotatable bonds is 6. The molecular weight excluding hydrogens is 238 g/mol. The molecule has 1 N–H and O–H groups in total. The van der Waals surface area contributed by atoms with Crippen LogP contribution in [0.1, 0.15) is 31.4 Å². The number of benzene rings is 1. The summed E-state index contributed by atoms with van der Waals surface area (Å²) in [6.07, 6.45) is 1.03. The van der Waals surface area contributed by atoms with Gasteiger partial charge in [-0.15, -0.1) is 0 Å². The van der Waals surface area contributed by atoms with Gasteiger partial charge in [0, 0.05) is 19.5 Å². The van der Waals surface area contributed by atoms with Crippen molar-refractivity contribution in [2.45, 2.75) is 39.7 Å². The standard InChI is InChI=1S/C16H25NO2/c1-12-5-7-15(8-6-12)11-13(2)16(19)17(4)10-9-14(3)18/h5-8,13-14,18H,9-11H2,1-4H3. The molecule has 1 amide bonds. The zero-order valence-electron chi connectivity index (χ0n) is 12.4. The number of aliphatic hydroxyl groups is 1. The van der Waals surface area contributed by atoms with Crippen LogP contribution < -0.4 is 0 Å². The zero-order valence-corrected chi connectivity index (χ0v) is 12.4. The molecule has 0 aliphatic carbocycles. The number of aryl methyl sites for hydroxylation is 1. The minimum Gasteiger partial charge on any atom is -0.393 e. The molecule has 0 fully saturated rings. The van der Waals surface area contributed by atoms with Gasteiger partial charge in [-0.1, -0.05) is 36.8 Å². The third kappa shape index (κ3) is 5.43. The molecule has 106 valence electrons. The highest BCUT2D eigenvalue weighted by atomic mass is 16.3. The van der Waals surface area contributed by atoms with E-state index in [0.717, 1.165) is 6.42 Å². The average Bonchev–Trinajstić information content (AvgIpc) is 2.37. The van der Waals surface area contributed by atoms with Crippen LogP contribution in [-0.2, 0) is 11.2 Å². The third-order valence-corrected chi connectivity index (χ3v) is 3.34. The normalized spacial score (nSPS) is 13.9. The van der Waals surface area contributed by atoms with E-state index in [1.807, 2.05) is 6.92 Å². The second-order valence-electron chi connectivity index (χ2n) is 5.49. The van der Waals surface area contributed by atoms with Crippen molar-refractivity contribution in [1.82, 2.24) is 4.90 Å². The summed E-state index contributed by atoms with van der Waals surface area (Å²) in [5, 5.41) is 9.24. The van der Waals surface area contributed by atoms with Gasteiger partial charge in [0.15, 0.2) is 0 Å². The van der Waals surface area contributed by atoms with E-state index in [0.29, 0.717) is 13.0 Å². The largest absolute Gasteiger partial charge is 0.393 e. The van der Waals surface area contributed by atoms with Gasteiger partial charge >= 0.3 is 0 Å². The Hall–Kier alpha value is -1.35. The number of carbonyl (C=O) groups excluding carboxylic acids is 1. The summed E-state index contributed by atoms with van der Waals surface area (Å²) >= 11 is 0. The van der Waals surface area contributed by atoms with E-state index in [-0.39, 0.29) is 17.9 Å². The Bertz CT molecular complexity index is 398. The molecule has 0 radical (unpaired) electrons. The van der Waals surface area contributed by atoms with Crippen molar-refractivity contribution in [3.8, 4) is 0 Å². The molecule has 0 saturated carbocycles. The van der Waals surface area contributed by atoms with E-state index in [2.05, 4.69) is 31.2 Å². The van der Waals surface area contributed by atoms with Gasteiger partial charge in [0.2, 0.25) is 5.91 Å². The van der Waals surface area contributed by atoms with E-state index >= 15 is 0 Å². The molecule has 1 aromatic carbocycles. The predicted molar refractivity (Wildman–Crippen MR) is 78.0 cm³/mol. The van der Waals surface area contributed by atoms with Gasteiger partial charge in [0.1, 0.15) is 0 Å². The van der Waals surface area contributed by atoms with Crippen LogP contribution in [0.25, 0.3) is 0 Å². The van der Waals surface area contributed by atoms with Crippen LogP contribution in [0, 0.1) is 12.8 Å². The number of amides is 1. The van der Waals surface area contributed by atoms with Crippen molar-refractivity contribution in [3.05, 3.63) is 35.4 Å². The van der Waals surface area contributed by atoms with Crippen LogP contribution in [0.2, 0.25) is 0 Å². The lowest BCUT2D eigenvalue weighted by Gasteiger charge is -2.22. The smallest absolute Gasteiger partial charge is 0.225 e. The molecule has 0 aliphatic rings. The Kier molecular flexibility index (Phi) is 6.03. The first-order valence-electron chi connectivity index (χ1n) is 6.88. The molecule has 0 spiro atoms. The molecule has 0 heterocycles. The Balaban J connectivity index is 2.50. The second kappa shape index (κ2) is 7.29. The lowest BCUT2D eigenvalue weighted by molar-refractivity contribution is -0.133. The van der Waals surface area contributed by atoms with Crippen molar-refractivity contribution in [3.63, 3.8) is 0 Å². The number of nitrogens with zero attached hydrogens (tertiary/aromatic N) is 1. The molecular formula is C16H25NO2. The summed E-state index contributed by atoms with van der Waals surface area (Å²) in [5.41, 5.74) is 2.42. The second-order valence-corrected chi connectivity index (χ2v) is 5.49. The number of hydrogen-bond donors (Lipinski definition) is 1. The fourth-order valence-electron chi connectivity index (χ4n) is 2.03. The van der Waals surface area contributed by atoms with Crippen molar-refractivity contribution in [2.24, 2.45) is 5.92 Å².